The maximum Gasteiger partial charge on any atom is 0.311 e. The lowest BCUT2D eigenvalue weighted by atomic mass is 10.2. The van der Waals surface area contributed by atoms with Crippen molar-refractivity contribution in [3.05, 3.63) is 33.9 Å². The van der Waals surface area contributed by atoms with Crippen molar-refractivity contribution < 1.29 is 9.66 Å². The molecule has 0 heterocycles. The van der Waals surface area contributed by atoms with Crippen molar-refractivity contribution in [3.63, 3.8) is 0 Å². The van der Waals surface area contributed by atoms with Crippen LogP contribution >= 0.6 is 12.4 Å². The first-order chi connectivity index (χ1) is 6.19. The van der Waals surface area contributed by atoms with E-state index in [2.05, 4.69) is 0 Å². The molecule has 0 aromatic heterocycles. The molecule has 0 aliphatic rings. The van der Waals surface area contributed by atoms with Crippen molar-refractivity contribution in [2.75, 3.05) is 7.11 Å². The lowest BCUT2D eigenvalue weighted by molar-refractivity contribution is -0.385. The molecule has 5 nitrogen and oxygen atoms in total. The number of halogens is 1. The van der Waals surface area contributed by atoms with Crippen LogP contribution < -0.4 is 10.5 Å². The molecule has 0 spiro atoms. The second kappa shape index (κ2) is 5.41. The average Bonchev–Trinajstić information content (AvgIpc) is 2.16. The zero-order valence-corrected chi connectivity index (χ0v) is 8.41. The smallest absolute Gasteiger partial charge is 0.311 e. The van der Waals surface area contributed by atoms with Gasteiger partial charge < -0.3 is 10.5 Å². The molecule has 0 aliphatic carbocycles. The Morgan fingerprint density at radius 2 is 2.21 bits per heavy atom. The lowest BCUT2D eigenvalue weighted by Crippen LogP contribution is -1.99. The Kier molecular flexibility index (Phi) is 4.90. The molecule has 6 heteroatoms. The second-order valence-electron chi connectivity index (χ2n) is 2.47. The van der Waals surface area contributed by atoms with Crippen molar-refractivity contribution in [2.45, 2.75) is 6.54 Å². The molecule has 0 fully saturated rings. The number of nitro benzene ring substituents is 1. The predicted octanol–water partition coefficient (Wildman–Crippen LogP) is 1.48. The van der Waals surface area contributed by atoms with Gasteiger partial charge in [-0.1, -0.05) is 6.07 Å². The summed E-state index contributed by atoms with van der Waals surface area (Å²) >= 11 is 0. The maximum atomic E-state index is 10.5. The quantitative estimate of drug-likeness (QED) is 0.616. The van der Waals surface area contributed by atoms with E-state index in [9.17, 15) is 10.1 Å². The standard InChI is InChI=1S/C8H10N2O3.ClH/c1-13-8-3-2-6(5-9)4-7(8)10(11)12;/h2-4H,5,9H2,1H3;1H. The number of hydrogen-bond donors (Lipinski definition) is 1. The zero-order chi connectivity index (χ0) is 9.84. The lowest BCUT2D eigenvalue weighted by Gasteiger charge is -2.02. The first-order valence-corrected chi connectivity index (χ1v) is 3.70. The first-order valence-electron chi connectivity index (χ1n) is 3.70. The molecule has 0 bridgehead atoms. The fraction of sp³-hybridized carbons (Fsp3) is 0.250. The highest BCUT2D eigenvalue weighted by molar-refractivity contribution is 5.85. The topological polar surface area (TPSA) is 78.4 Å². The van der Waals surface area contributed by atoms with E-state index in [1.807, 2.05) is 0 Å². The summed E-state index contributed by atoms with van der Waals surface area (Å²) in [5.41, 5.74) is 6.01. The number of ether oxygens (including phenoxy) is 1. The van der Waals surface area contributed by atoms with E-state index in [0.29, 0.717) is 5.56 Å². The van der Waals surface area contributed by atoms with Gasteiger partial charge in [-0.05, 0) is 11.6 Å². The van der Waals surface area contributed by atoms with Crippen LogP contribution in [0.5, 0.6) is 5.75 Å². The third-order valence-corrected chi connectivity index (χ3v) is 1.68. The van der Waals surface area contributed by atoms with Gasteiger partial charge in [0.1, 0.15) is 0 Å². The summed E-state index contributed by atoms with van der Waals surface area (Å²) in [7, 11) is 1.39. The minimum Gasteiger partial charge on any atom is -0.490 e. The highest BCUT2D eigenvalue weighted by Crippen LogP contribution is 2.27. The molecule has 14 heavy (non-hydrogen) atoms. The number of nitrogens with zero attached hydrogens (tertiary/aromatic N) is 1. The fourth-order valence-electron chi connectivity index (χ4n) is 1.01. The van der Waals surface area contributed by atoms with E-state index in [1.54, 1.807) is 12.1 Å². The molecule has 0 saturated carbocycles. The van der Waals surface area contributed by atoms with Crippen molar-refractivity contribution in [1.29, 1.82) is 0 Å². The third-order valence-electron chi connectivity index (χ3n) is 1.68. The number of nitro groups is 1. The third kappa shape index (κ3) is 2.58. The van der Waals surface area contributed by atoms with Crippen LogP contribution in [0, 0.1) is 10.1 Å². The van der Waals surface area contributed by atoms with Crippen LogP contribution in [0.1, 0.15) is 5.56 Å². The molecule has 1 aromatic rings. The van der Waals surface area contributed by atoms with Gasteiger partial charge >= 0.3 is 5.69 Å². The van der Waals surface area contributed by atoms with Gasteiger partial charge in [0.15, 0.2) is 5.75 Å². The maximum absolute atomic E-state index is 10.5. The Balaban J connectivity index is 0.00000169. The number of rotatable bonds is 3. The van der Waals surface area contributed by atoms with Crippen molar-refractivity contribution in [2.24, 2.45) is 5.73 Å². The van der Waals surface area contributed by atoms with Crippen molar-refractivity contribution in [3.8, 4) is 5.75 Å². The van der Waals surface area contributed by atoms with Crippen molar-refractivity contribution >= 4 is 18.1 Å². The van der Waals surface area contributed by atoms with Gasteiger partial charge in [-0.15, -0.1) is 12.4 Å². The second-order valence-corrected chi connectivity index (χ2v) is 2.47. The predicted molar refractivity (Wildman–Crippen MR) is 54.8 cm³/mol. The molecular weight excluding hydrogens is 208 g/mol. The Labute approximate surface area is 87.4 Å². The first kappa shape index (κ1) is 12.7. The van der Waals surface area contributed by atoms with Gasteiger partial charge in [0.05, 0.1) is 12.0 Å². The van der Waals surface area contributed by atoms with E-state index < -0.39 is 4.92 Å². The summed E-state index contributed by atoms with van der Waals surface area (Å²) in [6.07, 6.45) is 0. The molecule has 0 atom stereocenters. The number of methoxy groups -OCH3 is 1. The van der Waals surface area contributed by atoms with Crippen LogP contribution in [-0.4, -0.2) is 12.0 Å². The van der Waals surface area contributed by atoms with Gasteiger partial charge in [0, 0.05) is 12.6 Å². The van der Waals surface area contributed by atoms with Crippen LogP contribution in [0.4, 0.5) is 5.69 Å². The molecule has 0 aliphatic heterocycles. The molecule has 1 aromatic carbocycles. The SMILES string of the molecule is COc1ccc(CN)cc1[N+](=O)[O-].Cl. The van der Waals surface area contributed by atoms with E-state index >= 15 is 0 Å². The highest BCUT2D eigenvalue weighted by atomic mass is 35.5. The molecule has 0 saturated heterocycles. The summed E-state index contributed by atoms with van der Waals surface area (Å²) in [6.45, 7) is 0.283. The summed E-state index contributed by atoms with van der Waals surface area (Å²) < 4.78 is 4.82. The van der Waals surface area contributed by atoms with Gasteiger partial charge in [-0.25, -0.2) is 0 Å². The van der Waals surface area contributed by atoms with E-state index in [0.717, 1.165) is 0 Å². The summed E-state index contributed by atoms with van der Waals surface area (Å²) in [5.74, 6) is 0.252. The average molecular weight is 219 g/mol. The molecule has 1 rings (SSSR count). The van der Waals surface area contributed by atoms with Crippen LogP contribution in [0.2, 0.25) is 0 Å². The van der Waals surface area contributed by atoms with Gasteiger partial charge in [-0.2, -0.15) is 0 Å². The Hall–Kier alpha value is -1.33. The molecule has 78 valence electrons. The molecule has 0 unspecified atom stereocenters. The van der Waals surface area contributed by atoms with E-state index in [-0.39, 0.29) is 30.4 Å². The minimum absolute atomic E-state index is 0. The summed E-state index contributed by atoms with van der Waals surface area (Å²) in [4.78, 5) is 10.0. The largest absolute Gasteiger partial charge is 0.490 e. The van der Waals surface area contributed by atoms with Crippen LogP contribution in [0.25, 0.3) is 0 Å². The molecule has 0 radical (unpaired) electrons. The summed E-state index contributed by atoms with van der Waals surface area (Å²) in [6, 6.07) is 4.66. The van der Waals surface area contributed by atoms with Crippen LogP contribution in [0.3, 0.4) is 0 Å². The molecular formula is C8H11ClN2O3. The normalized spacial score (nSPS) is 9.00. The number of hydrogen-bond acceptors (Lipinski definition) is 4. The zero-order valence-electron chi connectivity index (χ0n) is 7.60. The number of nitrogens with two attached hydrogens (primary N) is 1. The monoisotopic (exact) mass is 218 g/mol. The van der Waals surface area contributed by atoms with Crippen molar-refractivity contribution in [1.82, 2.24) is 0 Å². The minimum atomic E-state index is -0.488. The van der Waals surface area contributed by atoms with Gasteiger partial charge in [0.2, 0.25) is 0 Å². The van der Waals surface area contributed by atoms with E-state index in [4.69, 9.17) is 10.5 Å². The molecule has 0 amide bonds. The van der Waals surface area contributed by atoms with Crippen LogP contribution in [0.15, 0.2) is 18.2 Å². The fourth-order valence-corrected chi connectivity index (χ4v) is 1.01. The molecule has 2 N–H and O–H groups in total. The Bertz CT molecular complexity index is 330. The van der Waals surface area contributed by atoms with Gasteiger partial charge in [-0.3, -0.25) is 10.1 Å². The van der Waals surface area contributed by atoms with E-state index in [1.165, 1.54) is 13.2 Å². The summed E-state index contributed by atoms with van der Waals surface area (Å²) in [5, 5.41) is 10.5. The highest BCUT2D eigenvalue weighted by Gasteiger charge is 2.14. The number of benzene rings is 1. The van der Waals surface area contributed by atoms with Gasteiger partial charge in [0.25, 0.3) is 0 Å². The Morgan fingerprint density at radius 1 is 1.57 bits per heavy atom. The Morgan fingerprint density at radius 3 is 2.64 bits per heavy atom. The van der Waals surface area contributed by atoms with Crippen LogP contribution in [-0.2, 0) is 6.54 Å².